The summed E-state index contributed by atoms with van der Waals surface area (Å²) >= 11 is 10.0. The van der Waals surface area contributed by atoms with E-state index in [4.69, 9.17) is 44.1 Å². The Morgan fingerprint density at radius 1 is 1.19 bits per heavy atom. The molecule has 0 aromatic rings. The highest BCUT2D eigenvalue weighted by atomic mass is 33.5. The number of hydrogen-bond acceptors (Lipinski definition) is 7. The van der Waals surface area contributed by atoms with Crippen molar-refractivity contribution in [2.45, 2.75) is 12.1 Å². The van der Waals surface area contributed by atoms with Gasteiger partial charge in [0.1, 0.15) is 12.1 Å². The van der Waals surface area contributed by atoms with E-state index in [0.717, 1.165) is 10.8 Å². The zero-order valence-electron chi connectivity index (χ0n) is 8.07. The number of carbonyl (C=O) groups is 2. The first-order valence-corrected chi connectivity index (χ1v) is 9.15. The van der Waals surface area contributed by atoms with Gasteiger partial charge in [-0.3, -0.25) is 9.59 Å². The first-order valence-electron chi connectivity index (χ1n) is 3.99. The van der Waals surface area contributed by atoms with Crippen LogP contribution in [0, 0.1) is 0 Å². The average molecular weight is 304 g/mol. The third-order valence-electron chi connectivity index (χ3n) is 1.45. The second kappa shape index (κ2) is 6.67. The number of carboxylic acid groups (broad SMARTS) is 2. The first kappa shape index (κ1) is 16.0. The Bertz CT molecular complexity index is 369. The molecule has 0 aromatic heterocycles. The Morgan fingerprint density at radius 3 is 2.00 bits per heavy atom. The summed E-state index contributed by atoms with van der Waals surface area (Å²) in [6.45, 7) is 0. The molecule has 0 rings (SSSR count). The molecule has 1 unspecified atom stereocenters. The second-order valence-electron chi connectivity index (χ2n) is 2.90. The first-order chi connectivity index (χ1) is 7.15. The molecule has 0 saturated carbocycles. The van der Waals surface area contributed by atoms with E-state index in [-0.39, 0.29) is 11.5 Å². The predicted molar refractivity (Wildman–Crippen MR) is 70.6 cm³/mol. The van der Waals surface area contributed by atoms with Crippen LogP contribution in [-0.4, -0.2) is 45.7 Å². The molecule has 10 heteroatoms. The molecular weight excluding hydrogens is 292 g/mol. The van der Waals surface area contributed by atoms with E-state index in [9.17, 15) is 9.59 Å². The summed E-state index contributed by atoms with van der Waals surface area (Å²) in [4.78, 5) is 20.9. The summed E-state index contributed by atoms with van der Waals surface area (Å²) in [7, 11) is 1.02. The van der Waals surface area contributed by atoms with E-state index in [1.807, 2.05) is 0 Å². The minimum Gasteiger partial charge on any atom is -0.480 e. The lowest BCUT2D eigenvalue weighted by atomic mass is 10.4. The lowest BCUT2D eigenvalue weighted by Crippen LogP contribution is -2.37. The minimum absolute atomic E-state index is 0.0238. The number of hydrogen-bond donors (Lipinski definition) is 4. The lowest BCUT2D eigenvalue weighted by molar-refractivity contribution is -0.138. The Hall–Kier alpha value is -0.000000000000000222. The Balaban J connectivity index is 4.27. The highest BCUT2D eigenvalue weighted by molar-refractivity contribution is 8.98. The normalized spacial score (nSPS) is 15.4. The van der Waals surface area contributed by atoms with Crippen LogP contribution in [0.25, 0.3) is 0 Å². The third kappa shape index (κ3) is 6.55. The quantitative estimate of drug-likeness (QED) is 0.417. The van der Waals surface area contributed by atoms with E-state index in [2.05, 4.69) is 0 Å². The summed E-state index contributed by atoms with van der Waals surface area (Å²) in [6, 6.07) is -2.16. The van der Waals surface area contributed by atoms with Gasteiger partial charge in [0.25, 0.3) is 0 Å². The van der Waals surface area contributed by atoms with Crippen LogP contribution in [0.1, 0.15) is 0 Å². The molecule has 0 amide bonds. The number of aliphatic carboxylic acids is 2. The topological polar surface area (TPSA) is 127 Å². The van der Waals surface area contributed by atoms with Gasteiger partial charge in [0.15, 0.2) is 0 Å². The highest BCUT2D eigenvalue weighted by Crippen LogP contribution is 2.16. The zero-order chi connectivity index (χ0) is 12.9. The largest absolute Gasteiger partial charge is 0.480 e. The van der Waals surface area contributed by atoms with Crippen LogP contribution < -0.4 is 11.5 Å². The van der Waals surface area contributed by atoms with Crippen molar-refractivity contribution in [3.05, 3.63) is 0 Å². The van der Waals surface area contributed by atoms with Crippen LogP contribution in [0.3, 0.4) is 0 Å². The van der Waals surface area contributed by atoms with Gasteiger partial charge in [-0.1, -0.05) is 10.8 Å². The van der Waals surface area contributed by atoms with Crippen LogP contribution in [0.5, 0.6) is 0 Å². The van der Waals surface area contributed by atoms with Crippen molar-refractivity contribution in [1.29, 1.82) is 0 Å². The van der Waals surface area contributed by atoms with Crippen molar-refractivity contribution in [3.63, 3.8) is 0 Å². The van der Waals surface area contributed by atoms with Crippen LogP contribution in [0.2, 0.25) is 0 Å². The molecule has 0 aliphatic rings. The van der Waals surface area contributed by atoms with Gasteiger partial charge < -0.3 is 21.7 Å². The summed E-state index contributed by atoms with van der Waals surface area (Å²) in [5, 5.41) is 17.1. The molecule has 0 radical (unpaired) electrons. The van der Waals surface area contributed by atoms with Crippen LogP contribution in [-0.2, 0) is 38.1 Å². The van der Waals surface area contributed by atoms with Crippen LogP contribution >= 0.6 is 10.8 Å². The van der Waals surface area contributed by atoms with Crippen LogP contribution in [0.15, 0.2) is 0 Å². The van der Waals surface area contributed by atoms with Crippen LogP contribution in [0.4, 0.5) is 0 Å². The molecular formula is C6H12N2O4S4. The molecule has 0 fully saturated rings. The lowest BCUT2D eigenvalue weighted by Gasteiger charge is -2.13. The van der Waals surface area contributed by atoms with E-state index >= 15 is 0 Å². The monoisotopic (exact) mass is 304 g/mol. The van der Waals surface area contributed by atoms with Crippen molar-refractivity contribution in [3.8, 4) is 0 Å². The van der Waals surface area contributed by atoms with Gasteiger partial charge in [-0.05, 0) is 28.6 Å². The third-order valence-corrected chi connectivity index (χ3v) is 7.51. The van der Waals surface area contributed by atoms with Gasteiger partial charge in [0.05, 0.1) is 0 Å². The Kier molecular flexibility index (Phi) is 6.67. The van der Waals surface area contributed by atoms with Crippen molar-refractivity contribution in [2.24, 2.45) is 11.5 Å². The zero-order valence-corrected chi connectivity index (χ0v) is 11.3. The molecule has 0 aliphatic heterocycles. The van der Waals surface area contributed by atoms with Crippen molar-refractivity contribution < 1.29 is 19.8 Å². The number of carboxylic acids is 2. The second-order valence-corrected chi connectivity index (χ2v) is 12.6. The number of rotatable bonds is 7. The van der Waals surface area contributed by atoms with Gasteiger partial charge in [-0.25, -0.2) is 0 Å². The molecule has 2 atom stereocenters. The molecule has 6 N–H and O–H groups in total. The van der Waals surface area contributed by atoms with E-state index in [0.29, 0.717) is 0 Å². The van der Waals surface area contributed by atoms with Gasteiger partial charge in [0.2, 0.25) is 0 Å². The van der Waals surface area contributed by atoms with Gasteiger partial charge in [0, 0.05) is 11.5 Å². The van der Waals surface area contributed by atoms with Gasteiger partial charge in [-0.2, -0.15) is 0 Å². The maximum Gasteiger partial charge on any atom is 0.321 e. The summed E-state index contributed by atoms with van der Waals surface area (Å²) < 4.78 is 0. The molecule has 94 valence electrons. The van der Waals surface area contributed by atoms with Crippen molar-refractivity contribution in [2.75, 3.05) is 11.5 Å². The summed E-state index contributed by atoms with van der Waals surface area (Å²) in [5.74, 6) is -2.28. The molecule has 0 saturated heterocycles. The van der Waals surface area contributed by atoms with E-state index < -0.39 is 30.2 Å². The van der Waals surface area contributed by atoms with Gasteiger partial charge in [-0.15, -0.1) is 0 Å². The number of nitrogens with two attached hydrogens (primary N) is 2. The Morgan fingerprint density at radius 2 is 1.62 bits per heavy atom. The van der Waals surface area contributed by atoms with Crippen molar-refractivity contribution in [1.82, 2.24) is 0 Å². The summed E-state index contributed by atoms with van der Waals surface area (Å²) in [5.41, 5.74) is 10.6. The molecule has 0 spiro atoms. The minimum atomic E-state index is -2.12. The average Bonchev–Trinajstić information content (AvgIpc) is 2.13. The maximum atomic E-state index is 10.5. The Labute approximate surface area is 106 Å². The fourth-order valence-corrected chi connectivity index (χ4v) is 5.43. The molecule has 16 heavy (non-hydrogen) atoms. The predicted octanol–water partition coefficient (Wildman–Crippen LogP) is -1.46. The van der Waals surface area contributed by atoms with Crippen molar-refractivity contribution >= 4 is 51.3 Å². The fourth-order valence-electron chi connectivity index (χ4n) is 0.588. The highest BCUT2D eigenvalue weighted by Gasteiger charge is 2.19. The smallest absolute Gasteiger partial charge is 0.321 e. The fraction of sp³-hybridized carbons (Fsp3) is 0.667. The molecule has 6 nitrogen and oxygen atoms in total. The standard InChI is InChI=1S/C6H12N2O4S4/c7-3(5(9)10)1-15-16(13,14)2-4(8)6(11)12/h3-4H,1-2,7-8H2,(H,9,10)(H,11,12)/t3?,4-/m0/s1. The van der Waals surface area contributed by atoms with E-state index in [1.54, 1.807) is 0 Å². The molecule has 0 bridgehead atoms. The maximum absolute atomic E-state index is 10.5. The van der Waals surface area contributed by atoms with E-state index in [1.165, 1.54) is 0 Å². The molecule has 0 aliphatic carbocycles. The summed E-state index contributed by atoms with van der Waals surface area (Å²) in [6.07, 6.45) is -2.12. The SMILES string of the molecule is NC(CSS(=S)(=S)C[C@H](N)C(=O)O)C(=O)O. The molecule has 0 aromatic carbocycles. The van der Waals surface area contributed by atoms with Gasteiger partial charge >= 0.3 is 11.9 Å². The molecule has 0 heterocycles.